The summed E-state index contributed by atoms with van der Waals surface area (Å²) < 4.78 is 24.0. The molecule has 3 rings (SSSR count). The molecule has 1 N–H and O–H groups in total. The zero-order valence-corrected chi connectivity index (χ0v) is 17.8. The van der Waals surface area contributed by atoms with Crippen LogP contribution in [0.4, 0.5) is 0 Å². The predicted molar refractivity (Wildman–Crippen MR) is 114 cm³/mol. The number of carboxylic acid groups (broad SMARTS) is 1. The normalized spacial score (nSPS) is 25.4. The van der Waals surface area contributed by atoms with Gasteiger partial charge in [0, 0.05) is 17.9 Å². The fraction of sp³-hybridized carbons (Fsp3) is 0.625. The number of aliphatic carboxylic acids is 1. The van der Waals surface area contributed by atoms with Crippen LogP contribution in [0.1, 0.15) is 63.0 Å². The zero-order chi connectivity index (χ0) is 21.2. The molecule has 0 aromatic heterocycles. The average molecular weight is 419 g/mol. The quantitative estimate of drug-likeness (QED) is 0.546. The Balaban J connectivity index is 1.63. The standard InChI is InChI=1S/C24H34O6/c1-27-21-14-9-8-13-20(21)24-18(10-4-2-7-15-22(25)26)16-29-23(30-24)17-28-19-11-5-3-6-12-19/h2,4,8-9,13-14,18-19,23-24H,3,5-7,10-12,15-17H2,1H3,(H,25,26)/b4-2-. The second-order valence-corrected chi connectivity index (χ2v) is 8.05. The van der Waals surface area contributed by atoms with Gasteiger partial charge in [0.15, 0.2) is 6.29 Å². The maximum atomic E-state index is 10.7. The lowest BCUT2D eigenvalue weighted by molar-refractivity contribution is -0.260. The van der Waals surface area contributed by atoms with Crippen LogP contribution < -0.4 is 4.74 Å². The van der Waals surface area contributed by atoms with Crippen LogP contribution in [-0.2, 0) is 19.0 Å². The lowest BCUT2D eigenvalue weighted by Gasteiger charge is -2.37. The first-order valence-corrected chi connectivity index (χ1v) is 11.1. The molecule has 2 aliphatic rings. The highest BCUT2D eigenvalue weighted by Crippen LogP contribution is 2.39. The van der Waals surface area contributed by atoms with Crippen molar-refractivity contribution < 1.29 is 28.8 Å². The molecule has 1 aliphatic heterocycles. The van der Waals surface area contributed by atoms with Crippen LogP contribution in [0.5, 0.6) is 5.75 Å². The van der Waals surface area contributed by atoms with E-state index in [4.69, 9.17) is 24.1 Å². The maximum Gasteiger partial charge on any atom is 0.303 e. The molecule has 1 saturated carbocycles. The zero-order valence-electron chi connectivity index (χ0n) is 17.8. The van der Waals surface area contributed by atoms with Crippen LogP contribution in [0.2, 0.25) is 0 Å². The molecule has 0 spiro atoms. The van der Waals surface area contributed by atoms with Crippen molar-refractivity contribution in [3.05, 3.63) is 42.0 Å². The molecular formula is C24H34O6. The summed E-state index contributed by atoms with van der Waals surface area (Å²) in [6.45, 7) is 1.00. The highest BCUT2D eigenvalue weighted by molar-refractivity contribution is 5.66. The molecule has 166 valence electrons. The van der Waals surface area contributed by atoms with E-state index >= 15 is 0 Å². The second kappa shape index (κ2) is 12.1. The topological polar surface area (TPSA) is 74.2 Å². The number of rotatable bonds is 10. The van der Waals surface area contributed by atoms with Gasteiger partial charge >= 0.3 is 5.97 Å². The Morgan fingerprint density at radius 2 is 2.00 bits per heavy atom. The molecule has 1 aromatic rings. The summed E-state index contributed by atoms with van der Waals surface area (Å²) >= 11 is 0. The maximum absolute atomic E-state index is 10.7. The first kappa shape index (κ1) is 22.8. The molecule has 1 heterocycles. The summed E-state index contributed by atoms with van der Waals surface area (Å²) in [5.41, 5.74) is 1.01. The molecular weight excluding hydrogens is 384 g/mol. The van der Waals surface area contributed by atoms with Crippen LogP contribution in [0, 0.1) is 5.92 Å². The SMILES string of the molecule is COc1ccccc1C1OC(COC2CCCCC2)OCC1C/C=C\CCC(=O)O. The number of hydrogen-bond acceptors (Lipinski definition) is 5. The third-order valence-corrected chi connectivity index (χ3v) is 5.82. The van der Waals surface area contributed by atoms with E-state index in [1.807, 2.05) is 36.4 Å². The van der Waals surface area contributed by atoms with Crippen molar-refractivity contribution in [2.45, 2.75) is 69.9 Å². The Kier molecular flexibility index (Phi) is 9.18. The summed E-state index contributed by atoms with van der Waals surface area (Å²) in [6.07, 6.45) is 11.1. The lowest BCUT2D eigenvalue weighted by Crippen LogP contribution is -2.38. The van der Waals surface area contributed by atoms with Crippen LogP contribution in [0.15, 0.2) is 36.4 Å². The summed E-state index contributed by atoms with van der Waals surface area (Å²) in [5.74, 6) is 0.140. The highest BCUT2D eigenvalue weighted by atomic mass is 16.7. The molecule has 30 heavy (non-hydrogen) atoms. The van der Waals surface area contributed by atoms with Gasteiger partial charge in [-0.1, -0.05) is 49.6 Å². The van der Waals surface area contributed by atoms with Gasteiger partial charge in [-0.2, -0.15) is 0 Å². The second-order valence-electron chi connectivity index (χ2n) is 8.05. The molecule has 0 bridgehead atoms. The van der Waals surface area contributed by atoms with Crippen LogP contribution >= 0.6 is 0 Å². The van der Waals surface area contributed by atoms with E-state index in [2.05, 4.69) is 0 Å². The van der Waals surface area contributed by atoms with Crippen molar-refractivity contribution in [1.82, 2.24) is 0 Å². The smallest absolute Gasteiger partial charge is 0.303 e. The van der Waals surface area contributed by atoms with E-state index in [0.29, 0.717) is 25.7 Å². The van der Waals surface area contributed by atoms with Gasteiger partial charge in [0.05, 0.1) is 32.5 Å². The monoisotopic (exact) mass is 418 g/mol. The fourth-order valence-corrected chi connectivity index (χ4v) is 4.18. The van der Waals surface area contributed by atoms with Crippen LogP contribution in [0.25, 0.3) is 0 Å². The molecule has 3 atom stereocenters. The van der Waals surface area contributed by atoms with E-state index < -0.39 is 12.3 Å². The number of carboxylic acids is 1. The van der Waals surface area contributed by atoms with Crippen LogP contribution in [-0.4, -0.2) is 43.8 Å². The Labute approximate surface area is 179 Å². The average Bonchev–Trinajstić information content (AvgIpc) is 2.78. The van der Waals surface area contributed by atoms with Gasteiger partial charge in [-0.3, -0.25) is 4.79 Å². The van der Waals surface area contributed by atoms with E-state index in [0.717, 1.165) is 30.6 Å². The first-order chi connectivity index (χ1) is 14.7. The summed E-state index contributed by atoms with van der Waals surface area (Å²) in [7, 11) is 1.67. The van der Waals surface area contributed by atoms with Crippen LogP contribution in [0.3, 0.4) is 0 Å². The molecule has 1 aromatic carbocycles. The summed E-state index contributed by atoms with van der Waals surface area (Å²) in [5, 5.41) is 8.78. The molecule has 6 heteroatoms. The number of para-hydroxylation sites is 1. The number of allylic oxidation sites excluding steroid dienone is 2. The van der Waals surface area contributed by atoms with E-state index in [1.54, 1.807) is 7.11 Å². The van der Waals surface area contributed by atoms with Gasteiger partial charge in [-0.05, 0) is 31.7 Å². The first-order valence-electron chi connectivity index (χ1n) is 11.1. The minimum Gasteiger partial charge on any atom is -0.496 e. The number of hydrogen-bond donors (Lipinski definition) is 1. The number of benzene rings is 1. The number of methoxy groups -OCH3 is 1. The van der Waals surface area contributed by atoms with Gasteiger partial charge in [0.2, 0.25) is 0 Å². The van der Waals surface area contributed by atoms with E-state index in [1.165, 1.54) is 19.3 Å². The Bertz CT molecular complexity index is 682. The third-order valence-electron chi connectivity index (χ3n) is 5.82. The van der Waals surface area contributed by atoms with Crippen molar-refractivity contribution in [1.29, 1.82) is 0 Å². The van der Waals surface area contributed by atoms with Gasteiger partial charge in [-0.15, -0.1) is 0 Å². The van der Waals surface area contributed by atoms with Gasteiger partial charge < -0.3 is 24.1 Å². The van der Waals surface area contributed by atoms with Crippen molar-refractivity contribution in [3.8, 4) is 5.75 Å². The molecule has 3 unspecified atom stereocenters. The Morgan fingerprint density at radius 3 is 2.77 bits per heavy atom. The lowest BCUT2D eigenvalue weighted by atomic mass is 9.91. The predicted octanol–water partition coefficient (Wildman–Crippen LogP) is 4.89. The number of ether oxygens (including phenoxy) is 4. The van der Waals surface area contributed by atoms with Gasteiger partial charge in [-0.25, -0.2) is 0 Å². The van der Waals surface area contributed by atoms with Crippen molar-refractivity contribution in [3.63, 3.8) is 0 Å². The minimum absolute atomic E-state index is 0.119. The fourth-order valence-electron chi connectivity index (χ4n) is 4.18. The minimum atomic E-state index is -0.781. The van der Waals surface area contributed by atoms with Crippen molar-refractivity contribution >= 4 is 5.97 Å². The summed E-state index contributed by atoms with van der Waals surface area (Å²) in [4.78, 5) is 10.7. The molecule has 1 aliphatic carbocycles. The van der Waals surface area contributed by atoms with Gasteiger partial charge in [0.1, 0.15) is 5.75 Å². The van der Waals surface area contributed by atoms with E-state index in [-0.39, 0.29) is 18.4 Å². The van der Waals surface area contributed by atoms with Crippen molar-refractivity contribution in [2.24, 2.45) is 5.92 Å². The van der Waals surface area contributed by atoms with Crippen molar-refractivity contribution in [2.75, 3.05) is 20.3 Å². The highest BCUT2D eigenvalue weighted by Gasteiger charge is 2.34. The third kappa shape index (κ3) is 6.83. The number of carbonyl (C=O) groups is 1. The molecule has 6 nitrogen and oxygen atoms in total. The molecule has 0 radical (unpaired) electrons. The largest absolute Gasteiger partial charge is 0.496 e. The Hall–Kier alpha value is -1.89. The molecule has 2 fully saturated rings. The summed E-state index contributed by atoms with van der Waals surface area (Å²) in [6, 6.07) is 7.92. The molecule has 0 amide bonds. The molecule has 1 saturated heterocycles. The van der Waals surface area contributed by atoms with Gasteiger partial charge in [0.25, 0.3) is 0 Å². The Morgan fingerprint density at radius 1 is 1.20 bits per heavy atom. The van der Waals surface area contributed by atoms with E-state index in [9.17, 15) is 4.79 Å².